The van der Waals surface area contributed by atoms with Crippen molar-refractivity contribution < 1.29 is 13.6 Å². The van der Waals surface area contributed by atoms with Gasteiger partial charge in [0.15, 0.2) is 0 Å². The van der Waals surface area contributed by atoms with Crippen LogP contribution in [0.2, 0.25) is 5.02 Å². The molecule has 2 aromatic carbocycles. The van der Waals surface area contributed by atoms with Gasteiger partial charge in [0.25, 0.3) is 0 Å². The second-order valence-corrected chi connectivity index (χ2v) is 8.13. The first-order chi connectivity index (χ1) is 9.61. The first-order valence-electron chi connectivity index (χ1n) is 6.06. The van der Waals surface area contributed by atoms with E-state index in [-0.39, 0.29) is 0 Å². The van der Waals surface area contributed by atoms with Gasteiger partial charge in [0.2, 0.25) is 0 Å². The van der Waals surface area contributed by atoms with E-state index >= 15 is 0 Å². The van der Waals surface area contributed by atoms with Crippen molar-refractivity contribution in [2.75, 3.05) is 6.61 Å². The van der Waals surface area contributed by atoms with Gasteiger partial charge in [0.05, 0.1) is 6.61 Å². The Balaban J connectivity index is 2.16. The van der Waals surface area contributed by atoms with E-state index in [2.05, 4.69) is 0 Å². The first-order valence-corrected chi connectivity index (χ1v) is 9.40. The lowest BCUT2D eigenvalue weighted by atomic mass is 10.3. The summed E-state index contributed by atoms with van der Waals surface area (Å²) in [7, 11) is 0. The predicted octanol–water partition coefficient (Wildman–Crippen LogP) is 5.66. The largest absolute Gasteiger partial charge is 0.444 e. The van der Waals surface area contributed by atoms with Crippen molar-refractivity contribution in [1.29, 1.82) is 0 Å². The summed E-state index contributed by atoms with van der Waals surface area (Å²) in [5.74, 6) is 0.519. The lowest BCUT2D eigenvalue weighted by molar-refractivity contribution is 0.296. The zero-order valence-electron chi connectivity index (χ0n) is 10.9. The number of para-hydroxylation sites is 1. The minimum Gasteiger partial charge on any atom is -0.417 e. The molecule has 0 aromatic heterocycles. The Bertz CT molecular complexity index is 589. The highest BCUT2D eigenvalue weighted by Gasteiger charge is 2.28. The lowest BCUT2D eigenvalue weighted by Crippen LogP contribution is -1.95. The van der Waals surface area contributed by atoms with Crippen molar-refractivity contribution in [3.05, 3.63) is 59.6 Å². The van der Waals surface area contributed by atoms with E-state index in [0.717, 1.165) is 16.3 Å². The fourth-order valence-corrected chi connectivity index (χ4v) is 4.93. The van der Waals surface area contributed by atoms with E-state index in [1.54, 1.807) is 43.3 Å². The van der Waals surface area contributed by atoms with Crippen molar-refractivity contribution >= 4 is 29.8 Å². The van der Waals surface area contributed by atoms with Crippen molar-refractivity contribution in [1.82, 2.24) is 0 Å². The van der Waals surface area contributed by atoms with Crippen LogP contribution in [0.3, 0.4) is 0 Å². The van der Waals surface area contributed by atoms with Crippen molar-refractivity contribution in [2.24, 2.45) is 0 Å². The van der Waals surface area contributed by atoms with E-state index in [4.69, 9.17) is 20.6 Å². The molecule has 0 heterocycles. The molecule has 0 fully saturated rings. The standard InChI is InChI=1S/C14H14ClO3PS/c1-2-17-19(16,18-13-6-4-3-5-7-13)20-14-10-8-12(15)9-11-14/h3-11H,2H2,1H3. The van der Waals surface area contributed by atoms with Crippen LogP contribution in [0, 0.1) is 0 Å². The number of benzene rings is 2. The summed E-state index contributed by atoms with van der Waals surface area (Å²) in [5, 5.41) is 0.629. The molecule has 0 bridgehead atoms. The van der Waals surface area contributed by atoms with Crippen LogP contribution in [0.5, 0.6) is 5.75 Å². The van der Waals surface area contributed by atoms with Gasteiger partial charge in [-0.25, -0.2) is 4.57 Å². The summed E-state index contributed by atoms with van der Waals surface area (Å²) < 4.78 is 23.6. The molecule has 6 heteroatoms. The zero-order valence-corrected chi connectivity index (χ0v) is 13.3. The Morgan fingerprint density at radius 3 is 2.35 bits per heavy atom. The Hall–Kier alpha value is -0.930. The molecule has 3 nitrogen and oxygen atoms in total. The van der Waals surface area contributed by atoms with Gasteiger partial charge in [-0.05, 0) is 43.3 Å². The second kappa shape index (κ2) is 7.19. The summed E-state index contributed by atoms with van der Waals surface area (Å²) in [6, 6.07) is 16.0. The number of halogens is 1. The summed E-state index contributed by atoms with van der Waals surface area (Å²) in [6.07, 6.45) is 0. The van der Waals surface area contributed by atoms with Gasteiger partial charge < -0.3 is 4.52 Å². The molecule has 0 aliphatic carbocycles. The average Bonchev–Trinajstić information content (AvgIpc) is 2.42. The Labute approximate surface area is 127 Å². The highest BCUT2D eigenvalue weighted by atomic mass is 35.5. The van der Waals surface area contributed by atoms with Gasteiger partial charge in [-0.15, -0.1) is 0 Å². The molecule has 0 spiro atoms. The van der Waals surface area contributed by atoms with Crippen LogP contribution in [0.25, 0.3) is 0 Å². The van der Waals surface area contributed by atoms with Gasteiger partial charge in [0, 0.05) is 21.3 Å². The van der Waals surface area contributed by atoms with Crippen LogP contribution < -0.4 is 4.52 Å². The highest BCUT2D eigenvalue weighted by Crippen LogP contribution is 2.63. The molecule has 0 aliphatic rings. The molecule has 1 unspecified atom stereocenters. The molecule has 1 atom stereocenters. The van der Waals surface area contributed by atoms with Gasteiger partial charge in [-0.2, -0.15) is 0 Å². The van der Waals surface area contributed by atoms with Crippen molar-refractivity contribution in [2.45, 2.75) is 11.8 Å². The summed E-state index contributed by atoms with van der Waals surface area (Å²) in [5.41, 5.74) is 0. The maximum atomic E-state index is 12.7. The third-order valence-corrected chi connectivity index (χ3v) is 6.09. The zero-order chi connectivity index (χ0) is 14.4. The predicted molar refractivity (Wildman–Crippen MR) is 83.6 cm³/mol. The van der Waals surface area contributed by atoms with Crippen LogP contribution in [-0.2, 0) is 9.09 Å². The lowest BCUT2D eigenvalue weighted by Gasteiger charge is -2.17. The minimum atomic E-state index is -3.30. The normalized spacial score (nSPS) is 13.7. The second-order valence-electron chi connectivity index (χ2n) is 3.81. The molecular weight excluding hydrogens is 315 g/mol. The number of rotatable bonds is 6. The Kier molecular flexibility index (Phi) is 5.55. The van der Waals surface area contributed by atoms with E-state index < -0.39 is 6.80 Å². The van der Waals surface area contributed by atoms with E-state index in [1.807, 2.05) is 18.2 Å². The Morgan fingerprint density at radius 1 is 1.10 bits per heavy atom. The van der Waals surface area contributed by atoms with Crippen molar-refractivity contribution in [3.63, 3.8) is 0 Å². The third kappa shape index (κ3) is 4.57. The van der Waals surface area contributed by atoms with Crippen LogP contribution >= 0.6 is 29.8 Å². The third-order valence-electron chi connectivity index (χ3n) is 2.28. The summed E-state index contributed by atoms with van der Waals surface area (Å²) in [6.45, 7) is -1.21. The number of hydrogen-bond acceptors (Lipinski definition) is 4. The maximum absolute atomic E-state index is 12.7. The molecule has 106 valence electrons. The van der Waals surface area contributed by atoms with Crippen LogP contribution in [0.1, 0.15) is 6.92 Å². The minimum absolute atomic E-state index is 0.310. The van der Waals surface area contributed by atoms with Crippen LogP contribution in [0.4, 0.5) is 0 Å². The number of hydrogen-bond donors (Lipinski definition) is 0. The smallest absolute Gasteiger partial charge is 0.417 e. The molecule has 2 rings (SSSR count). The topological polar surface area (TPSA) is 35.5 Å². The van der Waals surface area contributed by atoms with E-state index in [1.165, 1.54) is 0 Å². The maximum Gasteiger partial charge on any atom is 0.444 e. The summed E-state index contributed by atoms with van der Waals surface area (Å²) >= 11 is 6.90. The van der Waals surface area contributed by atoms with Gasteiger partial charge in [-0.1, -0.05) is 29.8 Å². The first kappa shape index (κ1) is 15.5. The quantitative estimate of drug-likeness (QED) is 0.641. The molecule has 0 saturated heterocycles. The molecule has 20 heavy (non-hydrogen) atoms. The van der Waals surface area contributed by atoms with Gasteiger partial charge >= 0.3 is 6.80 Å². The molecule has 0 radical (unpaired) electrons. The van der Waals surface area contributed by atoms with Crippen LogP contribution in [0.15, 0.2) is 59.5 Å². The van der Waals surface area contributed by atoms with Gasteiger partial charge in [-0.3, -0.25) is 4.52 Å². The molecular formula is C14H14ClO3PS. The average molecular weight is 329 g/mol. The highest BCUT2D eigenvalue weighted by molar-refractivity contribution is 8.55. The molecule has 0 aliphatic heterocycles. The molecule has 2 aromatic rings. The fourth-order valence-electron chi connectivity index (χ4n) is 1.46. The van der Waals surface area contributed by atoms with E-state index in [0.29, 0.717) is 17.4 Å². The van der Waals surface area contributed by atoms with Crippen LogP contribution in [-0.4, -0.2) is 6.61 Å². The molecule has 0 saturated carbocycles. The summed E-state index contributed by atoms with van der Waals surface area (Å²) in [4.78, 5) is 0.780. The monoisotopic (exact) mass is 328 g/mol. The molecule has 0 N–H and O–H groups in total. The van der Waals surface area contributed by atoms with Crippen molar-refractivity contribution in [3.8, 4) is 5.75 Å². The SMILES string of the molecule is CCOP(=O)(Oc1ccccc1)Sc1ccc(Cl)cc1. The molecule has 0 amide bonds. The van der Waals surface area contributed by atoms with E-state index in [9.17, 15) is 4.57 Å². The Morgan fingerprint density at radius 2 is 1.75 bits per heavy atom. The van der Waals surface area contributed by atoms with Gasteiger partial charge in [0.1, 0.15) is 5.75 Å². The fraction of sp³-hybridized carbons (Fsp3) is 0.143.